The van der Waals surface area contributed by atoms with Gasteiger partial charge in [0, 0.05) is 5.56 Å². The highest BCUT2D eigenvalue weighted by molar-refractivity contribution is 6.32. The van der Waals surface area contributed by atoms with E-state index >= 15 is 0 Å². The van der Waals surface area contributed by atoms with Gasteiger partial charge in [0.25, 0.3) is 0 Å². The molecule has 82 valence electrons. The topological polar surface area (TPSA) is 66.0 Å². The highest BCUT2D eigenvalue weighted by Gasteiger charge is 2.15. The number of halogens is 1. The Morgan fingerprint density at radius 2 is 2.00 bits per heavy atom. The van der Waals surface area contributed by atoms with E-state index in [4.69, 9.17) is 16.7 Å². The molecule has 0 aliphatic rings. The summed E-state index contributed by atoms with van der Waals surface area (Å²) in [6.07, 6.45) is 0. The molecule has 0 aliphatic carbocycles. The van der Waals surface area contributed by atoms with Crippen LogP contribution >= 0.6 is 11.6 Å². The molecule has 0 atom stereocenters. The summed E-state index contributed by atoms with van der Waals surface area (Å²) in [5, 5.41) is 8.85. The van der Waals surface area contributed by atoms with E-state index < -0.39 is 5.97 Å². The maximum atomic E-state index is 10.8. The number of nitrogens with zero attached hydrogens (tertiary/aromatic N) is 1. The number of aromatic nitrogens is 2. The molecule has 2 N–H and O–H groups in total. The molecule has 0 amide bonds. The van der Waals surface area contributed by atoms with E-state index in [1.54, 1.807) is 0 Å². The van der Waals surface area contributed by atoms with Crippen molar-refractivity contribution in [3.63, 3.8) is 0 Å². The number of aromatic carboxylic acids is 1. The second kappa shape index (κ2) is 3.98. The molecule has 2 aromatic rings. The van der Waals surface area contributed by atoms with Crippen LogP contribution in [0.3, 0.4) is 0 Å². The van der Waals surface area contributed by atoms with E-state index in [-0.39, 0.29) is 10.8 Å². The molecule has 2 rings (SSSR count). The molecule has 0 fully saturated rings. The summed E-state index contributed by atoms with van der Waals surface area (Å²) in [5.41, 5.74) is 1.78. The minimum absolute atomic E-state index is 0.0445. The van der Waals surface area contributed by atoms with Crippen LogP contribution in [0, 0.1) is 6.92 Å². The molecule has 1 aromatic heterocycles. The third kappa shape index (κ3) is 1.92. The molecule has 0 unspecified atom stereocenters. The van der Waals surface area contributed by atoms with Crippen molar-refractivity contribution in [3.8, 4) is 11.4 Å². The van der Waals surface area contributed by atoms with Crippen LogP contribution in [0.2, 0.25) is 5.15 Å². The number of carboxylic acids is 1. The number of H-pyrrole nitrogens is 1. The molecular weight excluding hydrogens is 228 g/mol. The monoisotopic (exact) mass is 236 g/mol. The molecule has 0 bridgehead atoms. The number of nitrogens with one attached hydrogen (secondary N) is 1. The number of carbonyl (C=O) groups is 1. The van der Waals surface area contributed by atoms with Gasteiger partial charge in [0.05, 0.1) is 0 Å². The molecule has 1 aromatic carbocycles. The van der Waals surface area contributed by atoms with Crippen molar-refractivity contribution in [2.75, 3.05) is 0 Å². The molecule has 0 aliphatic heterocycles. The minimum atomic E-state index is -1.14. The fourth-order valence-corrected chi connectivity index (χ4v) is 1.55. The third-order valence-electron chi connectivity index (χ3n) is 2.19. The number of hydrogen-bond acceptors (Lipinski definition) is 2. The Bertz CT molecular complexity index is 531. The first-order valence-electron chi connectivity index (χ1n) is 4.64. The van der Waals surface area contributed by atoms with Gasteiger partial charge in [-0.15, -0.1) is 0 Å². The molecule has 0 saturated heterocycles. The molecular formula is C11H9ClN2O2. The molecule has 1 heterocycles. The largest absolute Gasteiger partial charge is 0.476 e. The second-order valence-electron chi connectivity index (χ2n) is 3.42. The SMILES string of the molecule is Cc1ccc(-c2nc(C(=O)O)c(Cl)[nH]2)cc1. The summed E-state index contributed by atoms with van der Waals surface area (Å²) in [7, 11) is 0. The molecule has 0 radical (unpaired) electrons. The Hall–Kier alpha value is -1.81. The standard InChI is InChI=1S/C11H9ClN2O2/c1-6-2-4-7(5-3-6)10-13-8(11(15)16)9(12)14-10/h2-5H,1H3,(H,13,14)(H,15,16). The number of imidazole rings is 1. The summed E-state index contributed by atoms with van der Waals surface area (Å²) in [4.78, 5) is 17.4. The quantitative estimate of drug-likeness (QED) is 0.843. The van der Waals surface area contributed by atoms with Crippen LogP contribution in [0.1, 0.15) is 16.1 Å². The van der Waals surface area contributed by atoms with Crippen LogP contribution in [-0.4, -0.2) is 21.0 Å². The summed E-state index contributed by atoms with van der Waals surface area (Å²) >= 11 is 5.72. The van der Waals surface area contributed by atoms with Crippen molar-refractivity contribution in [2.45, 2.75) is 6.92 Å². The van der Waals surface area contributed by atoms with Gasteiger partial charge in [-0.05, 0) is 6.92 Å². The van der Waals surface area contributed by atoms with Gasteiger partial charge >= 0.3 is 5.97 Å². The zero-order chi connectivity index (χ0) is 11.7. The lowest BCUT2D eigenvalue weighted by atomic mass is 10.1. The Morgan fingerprint density at radius 3 is 2.50 bits per heavy atom. The summed E-state index contributed by atoms with van der Waals surface area (Å²) in [5.74, 6) is -0.679. The minimum Gasteiger partial charge on any atom is -0.476 e. The predicted octanol–water partition coefficient (Wildman–Crippen LogP) is 2.74. The third-order valence-corrected chi connectivity index (χ3v) is 2.46. The van der Waals surface area contributed by atoms with E-state index in [1.807, 2.05) is 31.2 Å². The number of hydrogen-bond donors (Lipinski definition) is 2. The van der Waals surface area contributed by atoms with E-state index in [0.29, 0.717) is 5.82 Å². The first kappa shape index (κ1) is 10.7. The number of aryl methyl sites for hydroxylation is 1. The Balaban J connectivity index is 2.45. The molecule has 5 heteroatoms. The van der Waals surface area contributed by atoms with Gasteiger partial charge in [0.15, 0.2) is 5.69 Å². The van der Waals surface area contributed by atoms with Crippen LogP contribution in [-0.2, 0) is 0 Å². The summed E-state index contributed by atoms with van der Waals surface area (Å²) in [6.45, 7) is 1.97. The van der Waals surface area contributed by atoms with Gasteiger partial charge in [-0.2, -0.15) is 0 Å². The Kier molecular flexibility index (Phi) is 2.66. The van der Waals surface area contributed by atoms with Gasteiger partial charge in [-0.25, -0.2) is 9.78 Å². The average molecular weight is 237 g/mol. The Labute approximate surface area is 96.9 Å². The highest BCUT2D eigenvalue weighted by atomic mass is 35.5. The van der Waals surface area contributed by atoms with Crippen molar-refractivity contribution in [3.05, 3.63) is 40.7 Å². The van der Waals surface area contributed by atoms with Gasteiger partial charge in [0.1, 0.15) is 11.0 Å². The highest BCUT2D eigenvalue weighted by Crippen LogP contribution is 2.21. The van der Waals surface area contributed by atoms with E-state index in [1.165, 1.54) is 0 Å². The van der Waals surface area contributed by atoms with Crippen LogP contribution in [0.4, 0.5) is 0 Å². The van der Waals surface area contributed by atoms with Crippen molar-refractivity contribution in [1.29, 1.82) is 0 Å². The summed E-state index contributed by atoms with van der Waals surface area (Å²) in [6, 6.07) is 7.56. The van der Waals surface area contributed by atoms with Crippen molar-refractivity contribution in [1.82, 2.24) is 9.97 Å². The zero-order valence-corrected chi connectivity index (χ0v) is 9.25. The molecule has 0 saturated carbocycles. The van der Waals surface area contributed by atoms with Crippen molar-refractivity contribution in [2.24, 2.45) is 0 Å². The average Bonchev–Trinajstić information content (AvgIpc) is 2.61. The lowest BCUT2D eigenvalue weighted by molar-refractivity contribution is 0.0691. The number of benzene rings is 1. The predicted molar refractivity (Wildman–Crippen MR) is 60.7 cm³/mol. The first-order chi connectivity index (χ1) is 7.58. The van der Waals surface area contributed by atoms with Gasteiger partial charge in [-0.3, -0.25) is 0 Å². The van der Waals surface area contributed by atoms with Gasteiger partial charge < -0.3 is 10.1 Å². The lowest BCUT2D eigenvalue weighted by Crippen LogP contribution is -1.96. The number of rotatable bonds is 2. The van der Waals surface area contributed by atoms with Crippen LogP contribution in [0.15, 0.2) is 24.3 Å². The Morgan fingerprint density at radius 1 is 1.38 bits per heavy atom. The smallest absolute Gasteiger partial charge is 0.357 e. The zero-order valence-electron chi connectivity index (χ0n) is 8.49. The fourth-order valence-electron chi connectivity index (χ4n) is 1.34. The van der Waals surface area contributed by atoms with E-state index in [0.717, 1.165) is 11.1 Å². The summed E-state index contributed by atoms with van der Waals surface area (Å²) < 4.78 is 0. The van der Waals surface area contributed by atoms with Crippen molar-refractivity contribution >= 4 is 17.6 Å². The van der Waals surface area contributed by atoms with Gasteiger partial charge in [-0.1, -0.05) is 41.4 Å². The van der Waals surface area contributed by atoms with E-state index in [9.17, 15) is 4.79 Å². The van der Waals surface area contributed by atoms with Crippen LogP contribution in [0.5, 0.6) is 0 Å². The van der Waals surface area contributed by atoms with E-state index in [2.05, 4.69) is 9.97 Å². The first-order valence-corrected chi connectivity index (χ1v) is 5.01. The maximum absolute atomic E-state index is 10.8. The lowest BCUT2D eigenvalue weighted by Gasteiger charge is -1.96. The number of aromatic amines is 1. The van der Waals surface area contributed by atoms with Gasteiger partial charge in [0.2, 0.25) is 0 Å². The molecule has 4 nitrogen and oxygen atoms in total. The second-order valence-corrected chi connectivity index (χ2v) is 3.80. The molecule has 16 heavy (non-hydrogen) atoms. The van der Waals surface area contributed by atoms with Crippen molar-refractivity contribution < 1.29 is 9.90 Å². The number of carboxylic acid groups (broad SMARTS) is 1. The van der Waals surface area contributed by atoms with Crippen LogP contribution in [0.25, 0.3) is 11.4 Å². The fraction of sp³-hybridized carbons (Fsp3) is 0.0909. The normalized spacial score (nSPS) is 10.4. The molecule has 0 spiro atoms. The van der Waals surface area contributed by atoms with Crippen LogP contribution < -0.4 is 0 Å². The maximum Gasteiger partial charge on any atom is 0.357 e.